The Morgan fingerprint density at radius 1 is 1.33 bits per heavy atom. The van der Waals surface area contributed by atoms with Crippen molar-refractivity contribution >= 4 is 43.9 Å². The molecule has 0 unspecified atom stereocenters. The summed E-state index contributed by atoms with van der Waals surface area (Å²) < 4.78 is 32.1. The van der Waals surface area contributed by atoms with Gasteiger partial charge in [0.05, 0.1) is 17.4 Å². The van der Waals surface area contributed by atoms with Gasteiger partial charge in [-0.25, -0.2) is 14.3 Å². The summed E-state index contributed by atoms with van der Waals surface area (Å²) in [5.74, 6) is -1.32. The first-order valence-electron chi connectivity index (χ1n) is 5.64. The molecule has 0 aliphatic heterocycles. The number of halogens is 1. The van der Waals surface area contributed by atoms with E-state index in [4.69, 9.17) is 5.11 Å². The van der Waals surface area contributed by atoms with E-state index in [0.29, 0.717) is 4.47 Å². The molecule has 0 aliphatic carbocycles. The van der Waals surface area contributed by atoms with Crippen LogP contribution in [0.1, 0.15) is 24.2 Å². The van der Waals surface area contributed by atoms with Crippen molar-refractivity contribution in [2.75, 3.05) is 4.72 Å². The van der Waals surface area contributed by atoms with Crippen molar-refractivity contribution in [1.82, 2.24) is 4.72 Å². The van der Waals surface area contributed by atoms with E-state index in [1.165, 1.54) is 18.2 Å². The molecule has 116 valence electrons. The SMILES string of the molecule is CC(C)OC(=O)NS(=O)(=O)Nc1ccc(Br)cc1C(=O)O. The molecule has 0 fully saturated rings. The van der Waals surface area contributed by atoms with Crippen LogP contribution in [0.15, 0.2) is 22.7 Å². The molecule has 0 atom stereocenters. The summed E-state index contributed by atoms with van der Waals surface area (Å²) in [5.41, 5.74) is -0.456. The van der Waals surface area contributed by atoms with Gasteiger partial charge in [0.1, 0.15) is 0 Å². The second-order valence-corrected chi connectivity index (χ2v) is 6.49. The number of carboxylic acid groups (broad SMARTS) is 1. The Balaban J connectivity index is 2.94. The normalized spacial score (nSPS) is 11.0. The van der Waals surface area contributed by atoms with E-state index in [9.17, 15) is 18.0 Å². The highest BCUT2D eigenvalue weighted by molar-refractivity contribution is 9.10. The number of ether oxygens (including phenoxy) is 1. The summed E-state index contributed by atoms with van der Waals surface area (Å²) in [6, 6.07) is 3.93. The van der Waals surface area contributed by atoms with E-state index in [2.05, 4.69) is 20.7 Å². The highest BCUT2D eigenvalue weighted by Gasteiger charge is 2.20. The molecular weight excluding hydrogens is 368 g/mol. The largest absolute Gasteiger partial charge is 0.478 e. The number of aromatic carboxylic acids is 1. The van der Waals surface area contributed by atoms with Crippen LogP contribution < -0.4 is 9.44 Å². The summed E-state index contributed by atoms with van der Waals surface area (Å²) >= 11 is 3.08. The first-order chi connectivity index (χ1) is 9.60. The van der Waals surface area contributed by atoms with Crippen molar-refractivity contribution < 1.29 is 27.9 Å². The van der Waals surface area contributed by atoms with Gasteiger partial charge < -0.3 is 9.84 Å². The monoisotopic (exact) mass is 380 g/mol. The van der Waals surface area contributed by atoms with Crippen LogP contribution in [-0.2, 0) is 14.9 Å². The number of benzene rings is 1. The van der Waals surface area contributed by atoms with Crippen LogP contribution in [0.5, 0.6) is 0 Å². The van der Waals surface area contributed by atoms with Gasteiger partial charge in [-0.15, -0.1) is 0 Å². The lowest BCUT2D eigenvalue weighted by atomic mass is 10.2. The zero-order valence-electron chi connectivity index (χ0n) is 11.1. The number of anilines is 1. The second kappa shape index (κ2) is 6.76. The molecule has 0 aromatic heterocycles. The molecule has 8 nitrogen and oxygen atoms in total. The lowest BCUT2D eigenvalue weighted by Crippen LogP contribution is -2.37. The fourth-order valence-corrected chi connectivity index (χ4v) is 2.45. The van der Waals surface area contributed by atoms with Gasteiger partial charge in [0, 0.05) is 4.47 Å². The maximum Gasteiger partial charge on any atom is 0.422 e. The van der Waals surface area contributed by atoms with Crippen molar-refractivity contribution in [3.8, 4) is 0 Å². The average molecular weight is 381 g/mol. The second-order valence-electron chi connectivity index (χ2n) is 4.16. The van der Waals surface area contributed by atoms with Crippen LogP contribution in [-0.4, -0.2) is 31.7 Å². The quantitative estimate of drug-likeness (QED) is 0.717. The Labute approximate surface area is 129 Å². The van der Waals surface area contributed by atoms with E-state index >= 15 is 0 Å². The lowest BCUT2D eigenvalue weighted by Gasteiger charge is -2.13. The minimum absolute atomic E-state index is 0.185. The number of hydrogen-bond donors (Lipinski definition) is 3. The predicted molar refractivity (Wildman–Crippen MR) is 78.4 cm³/mol. The van der Waals surface area contributed by atoms with Gasteiger partial charge in [0.25, 0.3) is 0 Å². The first kappa shape index (κ1) is 17.2. The van der Waals surface area contributed by atoms with Crippen LogP contribution in [0.25, 0.3) is 0 Å². The smallest absolute Gasteiger partial charge is 0.422 e. The number of rotatable bonds is 5. The number of nitrogens with one attached hydrogen (secondary N) is 2. The molecule has 0 saturated heterocycles. The van der Waals surface area contributed by atoms with E-state index in [1.54, 1.807) is 18.6 Å². The van der Waals surface area contributed by atoms with Gasteiger partial charge >= 0.3 is 22.3 Å². The number of carbonyl (C=O) groups is 2. The Bertz CT molecular complexity index is 659. The van der Waals surface area contributed by atoms with Crippen molar-refractivity contribution in [3.05, 3.63) is 28.2 Å². The maximum atomic E-state index is 11.7. The Kier molecular flexibility index (Phi) is 5.55. The highest BCUT2D eigenvalue weighted by Crippen LogP contribution is 2.21. The van der Waals surface area contributed by atoms with Crippen LogP contribution in [0.3, 0.4) is 0 Å². The Morgan fingerprint density at radius 2 is 1.95 bits per heavy atom. The predicted octanol–water partition coefficient (Wildman–Crippen LogP) is 1.94. The van der Waals surface area contributed by atoms with Gasteiger partial charge in [-0.2, -0.15) is 8.42 Å². The van der Waals surface area contributed by atoms with Crippen LogP contribution in [0.4, 0.5) is 10.5 Å². The van der Waals surface area contributed by atoms with Gasteiger partial charge in [-0.1, -0.05) is 15.9 Å². The van der Waals surface area contributed by atoms with Crippen molar-refractivity contribution in [2.24, 2.45) is 0 Å². The highest BCUT2D eigenvalue weighted by atomic mass is 79.9. The third kappa shape index (κ3) is 5.60. The standard InChI is InChI=1S/C11H13BrN2O6S/c1-6(2)20-11(17)14-21(18,19)13-9-4-3-7(12)5-8(9)10(15)16/h3-6,13H,1-2H3,(H,14,17)(H,15,16). The van der Waals surface area contributed by atoms with Crippen molar-refractivity contribution in [1.29, 1.82) is 0 Å². The Morgan fingerprint density at radius 3 is 2.48 bits per heavy atom. The van der Waals surface area contributed by atoms with Crippen LogP contribution in [0, 0.1) is 0 Å². The summed E-state index contributed by atoms with van der Waals surface area (Å²) in [7, 11) is -4.30. The molecule has 1 aromatic rings. The summed E-state index contributed by atoms with van der Waals surface area (Å²) in [6.07, 6.45) is -1.66. The van der Waals surface area contributed by atoms with Gasteiger partial charge in [-0.05, 0) is 32.0 Å². The lowest BCUT2D eigenvalue weighted by molar-refractivity contribution is 0.0698. The van der Waals surface area contributed by atoms with Gasteiger partial charge in [0.15, 0.2) is 0 Å². The zero-order chi connectivity index (χ0) is 16.2. The molecule has 0 spiro atoms. The molecule has 0 radical (unpaired) electrons. The number of carboxylic acids is 1. The molecule has 0 bridgehead atoms. The number of hydrogen-bond acceptors (Lipinski definition) is 5. The number of carbonyl (C=O) groups excluding carboxylic acids is 1. The third-order valence-electron chi connectivity index (χ3n) is 2.02. The maximum absolute atomic E-state index is 11.7. The topological polar surface area (TPSA) is 122 Å². The van der Waals surface area contributed by atoms with Crippen molar-refractivity contribution in [3.63, 3.8) is 0 Å². The van der Waals surface area contributed by atoms with E-state index in [-0.39, 0.29) is 11.3 Å². The van der Waals surface area contributed by atoms with Crippen molar-refractivity contribution in [2.45, 2.75) is 20.0 Å². The molecule has 0 aliphatic rings. The molecule has 10 heteroatoms. The average Bonchev–Trinajstić information content (AvgIpc) is 2.28. The van der Waals surface area contributed by atoms with Crippen LogP contribution in [0.2, 0.25) is 0 Å². The van der Waals surface area contributed by atoms with E-state index < -0.39 is 28.4 Å². The fraction of sp³-hybridized carbons (Fsp3) is 0.273. The molecule has 0 saturated carbocycles. The third-order valence-corrected chi connectivity index (χ3v) is 3.43. The van der Waals surface area contributed by atoms with E-state index in [1.807, 2.05) is 4.72 Å². The molecule has 21 heavy (non-hydrogen) atoms. The summed E-state index contributed by atoms with van der Waals surface area (Å²) in [6.45, 7) is 3.10. The molecule has 0 heterocycles. The fourth-order valence-electron chi connectivity index (χ4n) is 1.30. The molecule has 1 amide bonds. The number of amides is 1. The van der Waals surface area contributed by atoms with Gasteiger partial charge in [-0.3, -0.25) is 4.72 Å². The Hall–Kier alpha value is -1.81. The summed E-state index contributed by atoms with van der Waals surface area (Å²) in [5, 5.41) is 9.02. The van der Waals surface area contributed by atoms with Gasteiger partial charge in [0.2, 0.25) is 0 Å². The minimum Gasteiger partial charge on any atom is -0.478 e. The zero-order valence-corrected chi connectivity index (χ0v) is 13.5. The van der Waals surface area contributed by atoms with E-state index in [0.717, 1.165) is 0 Å². The summed E-state index contributed by atoms with van der Waals surface area (Å²) in [4.78, 5) is 22.3. The molecule has 1 rings (SSSR count). The molecular formula is C11H13BrN2O6S. The van der Waals surface area contributed by atoms with Crippen LogP contribution >= 0.6 is 15.9 Å². The molecule has 3 N–H and O–H groups in total. The molecule has 1 aromatic carbocycles. The minimum atomic E-state index is -4.30. The first-order valence-corrected chi connectivity index (χ1v) is 7.92.